The molecule has 0 aromatic heterocycles. The molecule has 0 aliphatic heterocycles. The van der Waals surface area contributed by atoms with Gasteiger partial charge in [0.05, 0.1) is 6.61 Å². The maximum atomic E-state index is 6.00. The summed E-state index contributed by atoms with van der Waals surface area (Å²) >= 11 is 0. The van der Waals surface area contributed by atoms with E-state index in [1.54, 1.807) is 28.4 Å². The van der Waals surface area contributed by atoms with E-state index in [1.807, 2.05) is 18.2 Å². The Balaban J connectivity index is 1.86. The molecule has 164 valence electrons. The Hall–Kier alpha value is -2.50. The van der Waals surface area contributed by atoms with Crippen LogP contribution in [0.25, 0.3) is 11.1 Å². The van der Waals surface area contributed by atoms with Gasteiger partial charge in [-0.3, -0.25) is 0 Å². The standard InChI is InChI=1S/C27H32O4/c1-27(31-5,26(30-4)23-9-7-6-8-10-23)24-17-15-21(16-18-24)20-11-13-22(14-12-20)25(29-3)19-28-2/h6-18,25-26H,19H2,1-5H3/t25?,26?,27-/m1/s1. The molecule has 0 aliphatic carbocycles. The molecule has 0 bridgehead atoms. The summed E-state index contributed by atoms with van der Waals surface area (Å²) in [6.45, 7) is 2.60. The summed E-state index contributed by atoms with van der Waals surface area (Å²) in [4.78, 5) is 0. The second kappa shape index (κ2) is 10.7. The zero-order chi connectivity index (χ0) is 22.3. The number of benzene rings is 3. The second-order valence-electron chi connectivity index (χ2n) is 7.72. The molecule has 3 aromatic carbocycles. The highest BCUT2D eigenvalue weighted by molar-refractivity contribution is 5.64. The van der Waals surface area contributed by atoms with Crippen molar-refractivity contribution in [2.24, 2.45) is 0 Å². The van der Waals surface area contributed by atoms with Gasteiger partial charge < -0.3 is 18.9 Å². The summed E-state index contributed by atoms with van der Waals surface area (Å²) < 4.78 is 22.6. The van der Waals surface area contributed by atoms with Gasteiger partial charge in [0.15, 0.2) is 0 Å². The molecule has 4 nitrogen and oxygen atoms in total. The highest BCUT2D eigenvalue weighted by Crippen LogP contribution is 2.40. The fourth-order valence-electron chi connectivity index (χ4n) is 4.02. The maximum Gasteiger partial charge on any atom is 0.120 e. The summed E-state index contributed by atoms with van der Waals surface area (Å²) in [5.41, 5.74) is 4.91. The zero-order valence-electron chi connectivity index (χ0n) is 19.0. The first-order valence-electron chi connectivity index (χ1n) is 10.4. The topological polar surface area (TPSA) is 36.9 Å². The minimum Gasteiger partial charge on any atom is -0.382 e. The van der Waals surface area contributed by atoms with Crippen LogP contribution in [-0.2, 0) is 24.5 Å². The van der Waals surface area contributed by atoms with E-state index in [1.165, 1.54) is 0 Å². The monoisotopic (exact) mass is 420 g/mol. The number of hydrogen-bond donors (Lipinski definition) is 0. The van der Waals surface area contributed by atoms with Crippen LogP contribution in [0.5, 0.6) is 0 Å². The van der Waals surface area contributed by atoms with E-state index in [0.29, 0.717) is 6.61 Å². The van der Waals surface area contributed by atoms with Crippen molar-refractivity contribution in [2.75, 3.05) is 35.0 Å². The molecule has 3 aromatic rings. The molecule has 0 heterocycles. The van der Waals surface area contributed by atoms with Crippen molar-refractivity contribution in [1.29, 1.82) is 0 Å². The predicted octanol–water partition coefficient (Wildman–Crippen LogP) is 5.94. The molecule has 0 spiro atoms. The molecule has 0 radical (unpaired) electrons. The van der Waals surface area contributed by atoms with Crippen molar-refractivity contribution >= 4 is 0 Å². The zero-order valence-corrected chi connectivity index (χ0v) is 19.0. The van der Waals surface area contributed by atoms with Crippen LogP contribution >= 0.6 is 0 Å². The molecule has 0 saturated carbocycles. The number of rotatable bonds is 10. The third-order valence-corrected chi connectivity index (χ3v) is 5.94. The molecule has 0 aliphatic rings. The van der Waals surface area contributed by atoms with E-state index in [0.717, 1.165) is 27.8 Å². The van der Waals surface area contributed by atoms with Crippen LogP contribution in [0.2, 0.25) is 0 Å². The molecule has 2 unspecified atom stereocenters. The van der Waals surface area contributed by atoms with E-state index < -0.39 is 5.60 Å². The van der Waals surface area contributed by atoms with E-state index in [4.69, 9.17) is 18.9 Å². The van der Waals surface area contributed by atoms with E-state index in [2.05, 4.69) is 67.6 Å². The second-order valence-corrected chi connectivity index (χ2v) is 7.72. The van der Waals surface area contributed by atoms with Crippen LogP contribution in [0.3, 0.4) is 0 Å². The molecule has 4 heteroatoms. The number of hydrogen-bond acceptors (Lipinski definition) is 4. The predicted molar refractivity (Wildman–Crippen MR) is 124 cm³/mol. The summed E-state index contributed by atoms with van der Waals surface area (Å²) in [6.07, 6.45) is -0.289. The minimum absolute atomic E-state index is 0.0622. The summed E-state index contributed by atoms with van der Waals surface area (Å²) in [5, 5.41) is 0. The Bertz CT molecular complexity index is 922. The molecule has 3 atom stereocenters. The lowest BCUT2D eigenvalue weighted by Crippen LogP contribution is -2.33. The van der Waals surface area contributed by atoms with Gasteiger partial charge in [-0.2, -0.15) is 0 Å². The smallest absolute Gasteiger partial charge is 0.120 e. The summed E-state index contributed by atoms with van der Waals surface area (Å²) in [7, 11) is 6.84. The Morgan fingerprint density at radius 1 is 0.677 bits per heavy atom. The quantitative estimate of drug-likeness (QED) is 0.407. The van der Waals surface area contributed by atoms with Crippen molar-refractivity contribution in [2.45, 2.75) is 24.7 Å². The van der Waals surface area contributed by atoms with Crippen molar-refractivity contribution < 1.29 is 18.9 Å². The van der Waals surface area contributed by atoms with Crippen LogP contribution in [0.4, 0.5) is 0 Å². The van der Waals surface area contributed by atoms with E-state index >= 15 is 0 Å². The van der Waals surface area contributed by atoms with Crippen molar-refractivity contribution in [1.82, 2.24) is 0 Å². The molecular weight excluding hydrogens is 388 g/mol. The molecule has 3 rings (SSSR count). The van der Waals surface area contributed by atoms with Crippen LogP contribution in [-0.4, -0.2) is 35.0 Å². The Morgan fingerprint density at radius 3 is 1.74 bits per heavy atom. The molecule has 0 N–H and O–H groups in total. The lowest BCUT2D eigenvalue weighted by molar-refractivity contribution is -0.114. The first-order valence-corrected chi connectivity index (χ1v) is 10.4. The first-order chi connectivity index (χ1) is 15.1. The van der Waals surface area contributed by atoms with Crippen LogP contribution in [0.15, 0.2) is 78.9 Å². The Labute approximate surface area is 185 Å². The lowest BCUT2D eigenvalue weighted by Gasteiger charge is -2.36. The van der Waals surface area contributed by atoms with Gasteiger partial charge in [0.2, 0.25) is 0 Å². The van der Waals surface area contributed by atoms with Gasteiger partial charge in [-0.05, 0) is 34.7 Å². The van der Waals surface area contributed by atoms with Crippen LogP contribution < -0.4 is 0 Å². The van der Waals surface area contributed by atoms with Crippen molar-refractivity contribution in [3.05, 3.63) is 95.6 Å². The molecule has 0 saturated heterocycles. The maximum absolute atomic E-state index is 6.00. The highest BCUT2D eigenvalue weighted by atomic mass is 16.5. The van der Waals surface area contributed by atoms with Crippen molar-refractivity contribution in [3.63, 3.8) is 0 Å². The third-order valence-electron chi connectivity index (χ3n) is 5.94. The van der Waals surface area contributed by atoms with E-state index in [9.17, 15) is 0 Å². The van der Waals surface area contributed by atoms with Crippen LogP contribution in [0.1, 0.15) is 35.8 Å². The lowest BCUT2D eigenvalue weighted by atomic mass is 9.85. The summed E-state index contributed by atoms with van der Waals surface area (Å²) in [5.74, 6) is 0. The fourth-order valence-corrected chi connectivity index (χ4v) is 4.02. The van der Waals surface area contributed by atoms with Gasteiger partial charge in [-0.1, -0.05) is 78.9 Å². The van der Waals surface area contributed by atoms with Crippen LogP contribution in [0, 0.1) is 0 Å². The SMILES string of the molecule is COCC(OC)c1ccc(-c2ccc([C@@](C)(OC)C(OC)c3ccccc3)cc2)cc1. The van der Waals surface area contributed by atoms with Gasteiger partial charge >= 0.3 is 0 Å². The van der Waals surface area contributed by atoms with E-state index in [-0.39, 0.29) is 12.2 Å². The molecule has 0 amide bonds. The average molecular weight is 421 g/mol. The normalized spacial score (nSPS) is 15.3. The van der Waals surface area contributed by atoms with Gasteiger partial charge in [-0.25, -0.2) is 0 Å². The molecular formula is C27H32O4. The third kappa shape index (κ3) is 5.05. The largest absolute Gasteiger partial charge is 0.382 e. The highest BCUT2D eigenvalue weighted by Gasteiger charge is 2.37. The Morgan fingerprint density at radius 2 is 1.26 bits per heavy atom. The number of ether oxygens (including phenoxy) is 4. The average Bonchev–Trinajstić information content (AvgIpc) is 2.83. The minimum atomic E-state index is -0.621. The molecule has 0 fully saturated rings. The summed E-state index contributed by atoms with van der Waals surface area (Å²) in [6, 6.07) is 27.1. The van der Waals surface area contributed by atoms with Gasteiger partial charge in [0.25, 0.3) is 0 Å². The Kier molecular flexibility index (Phi) is 7.99. The molecule has 31 heavy (non-hydrogen) atoms. The van der Waals surface area contributed by atoms with Crippen molar-refractivity contribution in [3.8, 4) is 11.1 Å². The number of methoxy groups -OCH3 is 4. The first kappa shape index (κ1) is 23.2. The van der Waals surface area contributed by atoms with Gasteiger partial charge in [-0.15, -0.1) is 0 Å². The van der Waals surface area contributed by atoms with Gasteiger partial charge in [0, 0.05) is 28.4 Å². The fraction of sp³-hybridized carbons (Fsp3) is 0.333. The van der Waals surface area contributed by atoms with Gasteiger partial charge in [0.1, 0.15) is 17.8 Å².